The maximum absolute atomic E-state index is 12.0. The summed E-state index contributed by atoms with van der Waals surface area (Å²) in [5.41, 5.74) is 0. The van der Waals surface area contributed by atoms with Crippen molar-refractivity contribution < 1.29 is 9.53 Å². The van der Waals surface area contributed by atoms with Gasteiger partial charge in [-0.1, -0.05) is 13.0 Å². The molecular weight excluding hydrogens is 290 g/mol. The number of carbonyl (C=O) groups excluding carboxylic acids is 1. The second-order valence-electron chi connectivity index (χ2n) is 6.70. The standard InChI is InChI=1S/C18H27N3O2/c1-3-20(16-12-14(2)23-18(16)22)13-15-7-10-21(11-8-15)17-6-4-5-9-19-17/h4-6,9,14-16H,3,7-8,10-13H2,1-2H3/t14-,16+/m0/s1. The summed E-state index contributed by atoms with van der Waals surface area (Å²) in [6, 6.07) is 6.04. The largest absolute Gasteiger partial charge is 0.461 e. The number of esters is 1. The number of ether oxygens (including phenoxy) is 1. The Labute approximate surface area is 138 Å². The second-order valence-corrected chi connectivity index (χ2v) is 6.70. The van der Waals surface area contributed by atoms with Crippen molar-refractivity contribution in [1.82, 2.24) is 9.88 Å². The van der Waals surface area contributed by atoms with Gasteiger partial charge in [0.25, 0.3) is 0 Å². The minimum absolute atomic E-state index is 0.0368. The molecule has 5 nitrogen and oxygen atoms in total. The van der Waals surface area contributed by atoms with E-state index < -0.39 is 0 Å². The fourth-order valence-electron chi connectivity index (χ4n) is 3.73. The number of hydrogen-bond acceptors (Lipinski definition) is 5. The lowest BCUT2D eigenvalue weighted by Gasteiger charge is -2.36. The molecule has 3 heterocycles. The predicted octanol–water partition coefficient (Wildman–Crippen LogP) is 2.32. The van der Waals surface area contributed by atoms with Crippen LogP contribution < -0.4 is 4.90 Å². The van der Waals surface area contributed by atoms with Crippen LogP contribution in [0.5, 0.6) is 0 Å². The molecule has 0 saturated carbocycles. The van der Waals surface area contributed by atoms with Crippen molar-refractivity contribution in [1.29, 1.82) is 0 Å². The van der Waals surface area contributed by atoms with Gasteiger partial charge in [-0.2, -0.15) is 0 Å². The highest BCUT2D eigenvalue weighted by molar-refractivity contribution is 5.77. The number of likely N-dealkylation sites (N-methyl/N-ethyl adjacent to an activating group) is 1. The fraction of sp³-hybridized carbons (Fsp3) is 0.667. The molecule has 0 unspecified atom stereocenters. The summed E-state index contributed by atoms with van der Waals surface area (Å²) in [4.78, 5) is 21.1. The van der Waals surface area contributed by atoms with Crippen LogP contribution in [0.15, 0.2) is 24.4 Å². The summed E-state index contributed by atoms with van der Waals surface area (Å²) >= 11 is 0. The van der Waals surface area contributed by atoms with Crippen molar-refractivity contribution in [2.24, 2.45) is 5.92 Å². The van der Waals surface area contributed by atoms with E-state index in [1.54, 1.807) is 0 Å². The summed E-state index contributed by atoms with van der Waals surface area (Å²) in [6.07, 6.45) is 5.06. The Bertz CT molecular complexity index is 514. The number of piperidine rings is 1. The number of cyclic esters (lactones) is 1. The fourth-order valence-corrected chi connectivity index (χ4v) is 3.73. The average Bonchev–Trinajstić information content (AvgIpc) is 2.92. The molecule has 23 heavy (non-hydrogen) atoms. The summed E-state index contributed by atoms with van der Waals surface area (Å²) in [5, 5.41) is 0. The third kappa shape index (κ3) is 3.83. The van der Waals surface area contributed by atoms with E-state index in [9.17, 15) is 4.79 Å². The van der Waals surface area contributed by atoms with Crippen molar-refractivity contribution >= 4 is 11.8 Å². The summed E-state index contributed by atoms with van der Waals surface area (Å²) in [7, 11) is 0. The summed E-state index contributed by atoms with van der Waals surface area (Å²) in [6.45, 7) is 8.12. The van der Waals surface area contributed by atoms with Gasteiger partial charge in [-0.05, 0) is 44.4 Å². The Hall–Kier alpha value is -1.62. The number of rotatable bonds is 5. The van der Waals surface area contributed by atoms with E-state index in [0.717, 1.165) is 51.3 Å². The molecule has 2 saturated heterocycles. The van der Waals surface area contributed by atoms with Gasteiger partial charge in [0.2, 0.25) is 0 Å². The first kappa shape index (κ1) is 16.2. The van der Waals surface area contributed by atoms with Gasteiger partial charge in [-0.15, -0.1) is 0 Å². The van der Waals surface area contributed by atoms with Crippen LogP contribution in [-0.2, 0) is 9.53 Å². The molecule has 2 aliphatic heterocycles. The molecule has 126 valence electrons. The Balaban J connectivity index is 1.52. The highest BCUT2D eigenvalue weighted by atomic mass is 16.6. The monoisotopic (exact) mass is 317 g/mol. The zero-order valence-electron chi connectivity index (χ0n) is 14.1. The molecule has 1 aromatic rings. The van der Waals surface area contributed by atoms with Crippen molar-refractivity contribution in [2.45, 2.75) is 45.3 Å². The van der Waals surface area contributed by atoms with Gasteiger partial charge < -0.3 is 9.64 Å². The van der Waals surface area contributed by atoms with Crippen LogP contribution in [0.2, 0.25) is 0 Å². The molecule has 2 aliphatic rings. The number of aromatic nitrogens is 1. The molecule has 0 bridgehead atoms. The van der Waals surface area contributed by atoms with Crippen LogP contribution >= 0.6 is 0 Å². The van der Waals surface area contributed by atoms with Crippen LogP contribution in [0.25, 0.3) is 0 Å². The third-order valence-corrected chi connectivity index (χ3v) is 5.07. The first-order chi connectivity index (χ1) is 11.2. The van der Waals surface area contributed by atoms with Crippen LogP contribution in [0.3, 0.4) is 0 Å². The maximum Gasteiger partial charge on any atom is 0.323 e. The predicted molar refractivity (Wildman–Crippen MR) is 90.4 cm³/mol. The third-order valence-electron chi connectivity index (χ3n) is 5.07. The van der Waals surface area contributed by atoms with Crippen molar-refractivity contribution in [2.75, 3.05) is 31.1 Å². The molecule has 3 rings (SSSR count). The maximum atomic E-state index is 12.0. The van der Waals surface area contributed by atoms with Crippen LogP contribution in [0, 0.1) is 5.92 Å². The van der Waals surface area contributed by atoms with E-state index in [1.165, 1.54) is 0 Å². The molecule has 1 aromatic heterocycles. The van der Waals surface area contributed by atoms with E-state index in [1.807, 2.05) is 25.3 Å². The number of pyridine rings is 1. The lowest BCUT2D eigenvalue weighted by molar-refractivity contribution is -0.144. The van der Waals surface area contributed by atoms with E-state index in [-0.39, 0.29) is 18.1 Å². The lowest BCUT2D eigenvalue weighted by atomic mass is 9.95. The van der Waals surface area contributed by atoms with Gasteiger partial charge >= 0.3 is 5.97 Å². The minimum Gasteiger partial charge on any atom is -0.461 e. The normalized spacial score (nSPS) is 25.9. The molecule has 0 amide bonds. The first-order valence-electron chi connectivity index (χ1n) is 8.78. The molecular formula is C18H27N3O2. The van der Waals surface area contributed by atoms with Crippen molar-refractivity contribution in [3.8, 4) is 0 Å². The van der Waals surface area contributed by atoms with Gasteiger partial charge in [0.05, 0.1) is 0 Å². The second kappa shape index (κ2) is 7.30. The zero-order chi connectivity index (χ0) is 16.2. The number of hydrogen-bond donors (Lipinski definition) is 0. The molecule has 0 aromatic carbocycles. The highest BCUT2D eigenvalue weighted by Gasteiger charge is 2.36. The quantitative estimate of drug-likeness (QED) is 0.780. The van der Waals surface area contributed by atoms with Gasteiger partial charge in [-0.25, -0.2) is 4.98 Å². The zero-order valence-corrected chi connectivity index (χ0v) is 14.1. The Morgan fingerprint density at radius 3 is 2.70 bits per heavy atom. The summed E-state index contributed by atoms with van der Waals surface area (Å²) < 4.78 is 5.32. The van der Waals surface area contributed by atoms with E-state index >= 15 is 0 Å². The van der Waals surface area contributed by atoms with Gasteiger partial charge in [0.15, 0.2) is 0 Å². The first-order valence-corrected chi connectivity index (χ1v) is 8.78. The number of carbonyl (C=O) groups is 1. The molecule has 0 radical (unpaired) electrons. The van der Waals surface area contributed by atoms with E-state index in [4.69, 9.17) is 4.74 Å². The molecule has 0 aliphatic carbocycles. The average molecular weight is 317 g/mol. The van der Waals surface area contributed by atoms with Crippen LogP contribution in [-0.4, -0.2) is 54.2 Å². The van der Waals surface area contributed by atoms with Gasteiger partial charge in [-0.3, -0.25) is 9.69 Å². The summed E-state index contributed by atoms with van der Waals surface area (Å²) in [5.74, 6) is 1.69. The molecule has 0 N–H and O–H groups in total. The highest BCUT2D eigenvalue weighted by Crippen LogP contribution is 2.25. The number of nitrogens with zero attached hydrogens (tertiary/aromatic N) is 3. The molecule has 2 fully saturated rings. The van der Waals surface area contributed by atoms with Gasteiger partial charge in [0.1, 0.15) is 18.0 Å². The Morgan fingerprint density at radius 2 is 2.13 bits per heavy atom. The van der Waals surface area contributed by atoms with Crippen molar-refractivity contribution in [3.05, 3.63) is 24.4 Å². The topological polar surface area (TPSA) is 45.7 Å². The van der Waals surface area contributed by atoms with Crippen LogP contribution in [0.1, 0.15) is 33.1 Å². The van der Waals surface area contributed by atoms with Crippen LogP contribution in [0.4, 0.5) is 5.82 Å². The lowest BCUT2D eigenvalue weighted by Crippen LogP contribution is -2.44. The van der Waals surface area contributed by atoms with Gasteiger partial charge in [0, 0.05) is 32.3 Å². The Kier molecular flexibility index (Phi) is 5.16. The van der Waals surface area contributed by atoms with E-state index in [2.05, 4.69) is 27.8 Å². The van der Waals surface area contributed by atoms with E-state index in [0.29, 0.717) is 5.92 Å². The molecule has 5 heteroatoms. The number of anilines is 1. The van der Waals surface area contributed by atoms with Crippen molar-refractivity contribution in [3.63, 3.8) is 0 Å². The SMILES string of the molecule is CCN(CC1CCN(c2ccccn2)CC1)[C@@H]1C[C@H](C)OC1=O. The molecule has 2 atom stereocenters. The minimum atomic E-state index is -0.0381. The Morgan fingerprint density at radius 1 is 1.35 bits per heavy atom. The molecule has 0 spiro atoms. The smallest absolute Gasteiger partial charge is 0.323 e.